The molecule has 0 spiro atoms. The topological polar surface area (TPSA) is 89.3 Å². The van der Waals surface area contributed by atoms with Gasteiger partial charge in [0.25, 0.3) is 5.69 Å². The first-order valence-electron chi connectivity index (χ1n) is 7.75. The Bertz CT molecular complexity index is 739. The molecule has 0 amide bonds. The van der Waals surface area contributed by atoms with E-state index in [1.54, 1.807) is 13.8 Å². The van der Waals surface area contributed by atoms with Crippen molar-refractivity contribution in [2.75, 3.05) is 6.54 Å². The molecule has 2 rings (SSSR count). The summed E-state index contributed by atoms with van der Waals surface area (Å²) in [5.74, 6) is 0. The molecule has 7 heteroatoms. The number of allylic oxidation sites excluding steroid dienone is 1. The molecule has 0 aliphatic heterocycles. The van der Waals surface area contributed by atoms with Gasteiger partial charge < -0.3 is 0 Å². The maximum atomic E-state index is 12.4. The van der Waals surface area contributed by atoms with Crippen molar-refractivity contribution in [3.05, 3.63) is 45.0 Å². The predicted molar refractivity (Wildman–Crippen MR) is 88.9 cm³/mol. The van der Waals surface area contributed by atoms with E-state index < -0.39 is 14.9 Å². The lowest BCUT2D eigenvalue weighted by Crippen LogP contribution is -2.26. The second kappa shape index (κ2) is 7.23. The molecule has 0 radical (unpaired) electrons. The fourth-order valence-electron chi connectivity index (χ4n) is 2.83. The number of rotatable bonds is 6. The Balaban J connectivity index is 2.11. The molecule has 1 N–H and O–H groups in total. The fraction of sp³-hybridized carbons (Fsp3) is 0.500. The van der Waals surface area contributed by atoms with E-state index in [1.165, 1.54) is 30.5 Å². The van der Waals surface area contributed by atoms with Crippen molar-refractivity contribution < 1.29 is 13.3 Å². The van der Waals surface area contributed by atoms with Crippen molar-refractivity contribution in [2.24, 2.45) is 0 Å². The van der Waals surface area contributed by atoms with Crippen LogP contribution < -0.4 is 4.72 Å². The quantitative estimate of drug-likeness (QED) is 0.489. The number of benzene rings is 1. The third kappa shape index (κ3) is 4.17. The van der Waals surface area contributed by atoms with Crippen molar-refractivity contribution in [3.63, 3.8) is 0 Å². The van der Waals surface area contributed by atoms with Crippen LogP contribution in [0.15, 0.2) is 28.7 Å². The normalized spacial score (nSPS) is 15.3. The van der Waals surface area contributed by atoms with Crippen LogP contribution in [0.5, 0.6) is 0 Å². The van der Waals surface area contributed by atoms with Gasteiger partial charge >= 0.3 is 0 Å². The van der Waals surface area contributed by atoms with Crippen molar-refractivity contribution in [3.8, 4) is 0 Å². The molecule has 1 aliphatic rings. The summed E-state index contributed by atoms with van der Waals surface area (Å²) in [6.45, 7) is 3.52. The number of nitro benzene ring substituents is 1. The zero-order valence-corrected chi connectivity index (χ0v) is 14.3. The van der Waals surface area contributed by atoms with E-state index in [0.29, 0.717) is 24.1 Å². The van der Waals surface area contributed by atoms with Gasteiger partial charge in [0.15, 0.2) is 0 Å². The lowest BCUT2D eigenvalue weighted by Gasteiger charge is -2.14. The van der Waals surface area contributed by atoms with Crippen LogP contribution in [0.2, 0.25) is 0 Å². The predicted octanol–water partition coefficient (Wildman–Crippen LogP) is 3.38. The van der Waals surface area contributed by atoms with Crippen LogP contribution in [0.4, 0.5) is 5.69 Å². The molecule has 1 aromatic carbocycles. The number of nitrogens with one attached hydrogen (secondary N) is 1. The number of hydrogen-bond donors (Lipinski definition) is 1. The van der Waals surface area contributed by atoms with E-state index >= 15 is 0 Å². The van der Waals surface area contributed by atoms with Crippen molar-refractivity contribution in [1.82, 2.24) is 4.72 Å². The van der Waals surface area contributed by atoms with E-state index in [9.17, 15) is 18.5 Å². The van der Waals surface area contributed by atoms with Gasteiger partial charge in [-0.05, 0) is 57.6 Å². The second-order valence-corrected chi connectivity index (χ2v) is 7.58. The molecule has 0 bridgehead atoms. The molecule has 0 atom stereocenters. The molecule has 0 aromatic heterocycles. The molecule has 0 fully saturated rings. The van der Waals surface area contributed by atoms with Gasteiger partial charge in [0, 0.05) is 18.2 Å². The third-order valence-corrected chi connectivity index (χ3v) is 5.92. The standard InChI is InChI=1S/C16H22N2O4S/c1-12-13(2)16(9-8-15(12)18(19)20)23(21,22)17-11-10-14-6-4-3-5-7-14/h6,8-9,17H,3-5,7,10-11H2,1-2H3. The van der Waals surface area contributed by atoms with Gasteiger partial charge in [-0.25, -0.2) is 13.1 Å². The molecular weight excluding hydrogens is 316 g/mol. The second-order valence-electron chi connectivity index (χ2n) is 5.85. The molecule has 0 unspecified atom stereocenters. The summed E-state index contributed by atoms with van der Waals surface area (Å²) >= 11 is 0. The van der Waals surface area contributed by atoms with Crippen molar-refractivity contribution in [2.45, 2.75) is 50.8 Å². The Morgan fingerprint density at radius 2 is 1.96 bits per heavy atom. The number of sulfonamides is 1. The highest BCUT2D eigenvalue weighted by molar-refractivity contribution is 7.89. The number of nitro groups is 1. The minimum absolute atomic E-state index is 0.0613. The minimum Gasteiger partial charge on any atom is -0.258 e. The van der Waals surface area contributed by atoms with Crippen LogP contribution in [-0.2, 0) is 10.0 Å². The summed E-state index contributed by atoms with van der Waals surface area (Å²) in [6, 6.07) is 2.56. The molecule has 0 saturated heterocycles. The van der Waals surface area contributed by atoms with Crippen LogP contribution in [0.25, 0.3) is 0 Å². The zero-order valence-electron chi connectivity index (χ0n) is 13.5. The summed E-state index contributed by atoms with van der Waals surface area (Å²) in [5.41, 5.74) is 2.04. The summed E-state index contributed by atoms with van der Waals surface area (Å²) < 4.78 is 27.5. The number of hydrogen-bond acceptors (Lipinski definition) is 4. The fourth-order valence-corrected chi connectivity index (χ4v) is 4.16. The molecule has 1 aromatic rings. The maximum absolute atomic E-state index is 12.4. The minimum atomic E-state index is -3.66. The van der Waals surface area contributed by atoms with E-state index in [-0.39, 0.29) is 10.6 Å². The third-order valence-electron chi connectivity index (χ3n) is 4.32. The lowest BCUT2D eigenvalue weighted by molar-refractivity contribution is -0.385. The summed E-state index contributed by atoms with van der Waals surface area (Å²) in [7, 11) is -3.66. The zero-order chi connectivity index (χ0) is 17.0. The first kappa shape index (κ1) is 17.6. The Hall–Kier alpha value is -1.73. The SMILES string of the molecule is Cc1c([N+](=O)[O-])ccc(S(=O)(=O)NCCC2=CCCCC2)c1C. The number of nitrogens with zero attached hydrogens (tertiary/aromatic N) is 1. The first-order chi connectivity index (χ1) is 10.8. The van der Waals surface area contributed by atoms with E-state index in [1.807, 2.05) is 0 Å². The molecule has 23 heavy (non-hydrogen) atoms. The van der Waals surface area contributed by atoms with Crippen molar-refractivity contribution in [1.29, 1.82) is 0 Å². The molecule has 0 saturated carbocycles. The van der Waals surface area contributed by atoms with Gasteiger partial charge in [-0.15, -0.1) is 0 Å². The summed E-state index contributed by atoms with van der Waals surface area (Å²) in [6.07, 6.45) is 7.39. The Kier molecular flexibility index (Phi) is 5.54. The largest absolute Gasteiger partial charge is 0.272 e. The molecular formula is C16H22N2O4S. The highest BCUT2D eigenvalue weighted by atomic mass is 32.2. The summed E-state index contributed by atoms with van der Waals surface area (Å²) in [5, 5.41) is 10.9. The van der Waals surface area contributed by atoms with Gasteiger partial charge in [-0.1, -0.05) is 11.6 Å². The average molecular weight is 338 g/mol. The van der Waals surface area contributed by atoms with Gasteiger partial charge in [0.2, 0.25) is 10.0 Å². The van der Waals surface area contributed by atoms with Gasteiger partial charge in [0.05, 0.1) is 9.82 Å². The maximum Gasteiger partial charge on any atom is 0.272 e. The Morgan fingerprint density at radius 1 is 1.22 bits per heavy atom. The van der Waals surface area contributed by atoms with Gasteiger partial charge in [-0.3, -0.25) is 10.1 Å². The van der Waals surface area contributed by atoms with E-state index in [2.05, 4.69) is 10.8 Å². The van der Waals surface area contributed by atoms with Gasteiger partial charge in [0.1, 0.15) is 0 Å². The monoisotopic (exact) mass is 338 g/mol. The van der Waals surface area contributed by atoms with E-state index in [0.717, 1.165) is 12.8 Å². The van der Waals surface area contributed by atoms with E-state index in [4.69, 9.17) is 0 Å². The van der Waals surface area contributed by atoms with Gasteiger partial charge in [-0.2, -0.15) is 0 Å². The van der Waals surface area contributed by atoms with Crippen LogP contribution in [0, 0.1) is 24.0 Å². The lowest BCUT2D eigenvalue weighted by atomic mass is 9.97. The molecule has 6 nitrogen and oxygen atoms in total. The molecule has 0 heterocycles. The highest BCUT2D eigenvalue weighted by Crippen LogP contribution is 2.27. The van der Waals surface area contributed by atoms with Crippen molar-refractivity contribution >= 4 is 15.7 Å². The van der Waals surface area contributed by atoms with Crippen LogP contribution in [0.1, 0.15) is 43.2 Å². The smallest absolute Gasteiger partial charge is 0.258 e. The molecule has 126 valence electrons. The van der Waals surface area contributed by atoms with Crippen LogP contribution >= 0.6 is 0 Å². The average Bonchev–Trinajstić information content (AvgIpc) is 2.50. The molecule has 1 aliphatic carbocycles. The Morgan fingerprint density at radius 3 is 2.57 bits per heavy atom. The van der Waals surface area contributed by atoms with Crippen LogP contribution in [-0.4, -0.2) is 19.9 Å². The highest BCUT2D eigenvalue weighted by Gasteiger charge is 2.22. The first-order valence-corrected chi connectivity index (χ1v) is 9.23. The Labute approximate surface area is 136 Å². The summed E-state index contributed by atoms with van der Waals surface area (Å²) in [4.78, 5) is 10.5. The van der Waals surface area contributed by atoms with Crippen LogP contribution in [0.3, 0.4) is 0 Å².